The van der Waals surface area contributed by atoms with Gasteiger partial charge in [0, 0.05) is 19.3 Å². The lowest BCUT2D eigenvalue weighted by atomic mass is 10.1. The molecule has 5 atom stereocenters. The monoisotopic (exact) mass is 1330 g/mol. The van der Waals surface area contributed by atoms with Crippen molar-refractivity contribution in [2.24, 2.45) is 0 Å². The largest absolute Gasteiger partial charge is 0.472 e. The smallest absolute Gasteiger partial charge is 0.463 e. The number of ether oxygens (including phenoxy) is 3. The van der Waals surface area contributed by atoms with E-state index in [1.165, 1.54) is 0 Å². The summed E-state index contributed by atoms with van der Waals surface area (Å²) in [6.45, 7) is 2.10. The zero-order chi connectivity index (χ0) is 68.1. The first kappa shape index (κ1) is 87.4. The molecule has 0 aliphatic rings. The first-order valence-electron chi connectivity index (χ1n) is 33.7. The van der Waals surface area contributed by atoms with E-state index in [0.29, 0.717) is 32.1 Å². The van der Waals surface area contributed by atoms with E-state index in [9.17, 15) is 43.5 Å². The Morgan fingerprint density at radius 2 is 0.548 bits per heavy atom. The Morgan fingerprint density at radius 3 is 0.882 bits per heavy atom. The molecule has 0 fully saturated rings. The average Bonchev–Trinajstić information content (AvgIpc) is 3.73. The minimum Gasteiger partial charge on any atom is -0.463 e. The molecule has 18 heteroatoms. The summed E-state index contributed by atoms with van der Waals surface area (Å²) in [5.41, 5.74) is 0. The van der Waals surface area contributed by atoms with Gasteiger partial charge in [-0.1, -0.05) is 228 Å². The lowest BCUT2D eigenvalue weighted by molar-refractivity contribution is -0.161. The minimum absolute atomic E-state index is 0.00441. The number of phosphoric acid groups is 2. The molecule has 0 aliphatic carbocycles. The summed E-state index contributed by atoms with van der Waals surface area (Å²) in [6, 6.07) is 0. The number of unbranched alkanes of at least 4 members (excludes halogenated alkanes) is 6. The Labute approximate surface area is 559 Å². The molecule has 0 rings (SSSR count). The third-order valence-electron chi connectivity index (χ3n) is 12.8. The van der Waals surface area contributed by atoms with E-state index in [0.717, 1.165) is 128 Å². The van der Waals surface area contributed by atoms with E-state index in [-0.39, 0.29) is 19.3 Å². The molecule has 4 N–H and O–H groups in total. The Bertz CT molecular complexity index is 2470. The summed E-state index contributed by atoms with van der Waals surface area (Å²) in [6.07, 6.45) is 85.0. The second kappa shape index (κ2) is 66.4. The summed E-state index contributed by atoms with van der Waals surface area (Å²) in [7, 11) is -9.84. The quantitative estimate of drug-likeness (QED) is 0.0146. The van der Waals surface area contributed by atoms with Gasteiger partial charge in [0.1, 0.15) is 25.4 Å². The van der Waals surface area contributed by atoms with Crippen molar-refractivity contribution in [3.63, 3.8) is 0 Å². The molecule has 0 saturated heterocycles. The lowest BCUT2D eigenvalue weighted by Gasteiger charge is -2.21. The molecule has 93 heavy (non-hydrogen) atoms. The summed E-state index contributed by atoms with van der Waals surface area (Å²) in [4.78, 5) is 58.3. The normalized spacial score (nSPS) is 15.4. The number of hydrogen-bond acceptors (Lipinski definition) is 14. The van der Waals surface area contributed by atoms with Crippen molar-refractivity contribution in [3.8, 4) is 0 Å². The fraction of sp³-hybridized carbons (Fsp3) is 0.533. The van der Waals surface area contributed by atoms with Gasteiger partial charge in [0.05, 0.1) is 26.4 Å². The maximum atomic E-state index is 12.9. The van der Waals surface area contributed by atoms with E-state index in [1.54, 1.807) is 0 Å². The second-order valence-electron chi connectivity index (χ2n) is 21.5. The van der Waals surface area contributed by atoms with Crippen LogP contribution in [0.15, 0.2) is 194 Å². The topological polar surface area (TPSA) is 231 Å². The Kier molecular flexibility index (Phi) is 62.4. The highest BCUT2D eigenvalue weighted by atomic mass is 31.2. The van der Waals surface area contributed by atoms with Gasteiger partial charge in [-0.15, -0.1) is 0 Å². The van der Waals surface area contributed by atoms with Gasteiger partial charge in [0.15, 0.2) is 6.10 Å². The molecule has 5 unspecified atom stereocenters. The molecule has 16 nitrogen and oxygen atoms in total. The third-order valence-corrected chi connectivity index (χ3v) is 14.7. The highest BCUT2D eigenvalue weighted by molar-refractivity contribution is 7.47. The molecule has 0 radical (unpaired) electrons. The lowest BCUT2D eigenvalue weighted by Crippen LogP contribution is -2.30. The number of esters is 3. The summed E-state index contributed by atoms with van der Waals surface area (Å²) >= 11 is 0. The Hall–Kier alpha value is -5.61. The Morgan fingerprint density at radius 1 is 0.301 bits per heavy atom. The second-order valence-corrected chi connectivity index (χ2v) is 24.4. The Balaban J connectivity index is 4.80. The zero-order valence-corrected chi connectivity index (χ0v) is 58.1. The van der Waals surface area contributed by atoms with Crippen LogP contribution in [-0.2, 0) is 55.8 Å². The predicted octanol–water partition coefficient (Wildman–Crippen LogP) is 18.9. The van der Waals surface area contributed by atoms with Crippen molar-refractivity contribution in [1.29, 1.82) is 0 Å². The van der Waals surface area contributed by atoms with Crippen LogP contribution in [0.25, 0.3) is 0 Å². The molecule has 0 heterocycles. The van der Waals surface area contributed by atoms with Gasteiger partial charge in [0.25, 0.3) is 0 Å². The van der Waals surface area contributed by atoms with Crippen LogP contribution in [0.5, 0.6) is 0 Å². The molecule has 0 aromatic heterocycles. The van der Waals surface area contributed by atoms with E-state index in [4.69, 9.17) is 32.3 Å². The van der Waals surface area contributed by atoms with Crippen molar-refractivity contribution < 1.29 is 75.8 Å². The molecular weight excluding hydrogens is 1220 g/mol. The van der Waals surface area contributed by atoms with Crippen LogP contribution in [0.1, 0.15) is 201 Å². The highest BCUT2D eigenvalue weighted by Crippen LogP contribution is 2.45. The first-order chi connectivity index (χ1) is 45.2. The van der Waals surface area contributed by atoms with Crippen LogP contribution in [0, 0.1) is 0 Å². The number of aliphatic hydroxyl groups is 2. The van der Waals surface area contributed by atoms with E-state index in [1.807, 2.05) is 24.3 Å². The van der Waals surface area contributed by atoms with E-state index < -0.39 is 91.5 Å². The number of carbonyl (C=O) groups is 3. The predicted molar refractivity (Wildman–Crippen MR) is 380 cm³/mol. The number of rotatable bonds is 61. The third kappa shape index (κ3) is 67.6. The number of allylic oxidation sites excluding steroid dienone is 32. The van der Waals surface area contributed by atoms with Gasteiger partial charge in [-0.05, 0) is 148 Å². The number of carbonyl (C=O) groups excluding carboxylic acids is 3. The molecule has 522 valence electrons. The average molecular weight is 1340 g/mol. The molecule has 0 aliphatic heterocycles. The summed E-state index contributed by atoms with van der Waals surface area (Å²) in [5.74, 6) is -1.76. The van der Waals surface area contributed by atoms with Crippen LogP contribution in [0.3, 0.4) is 0 Å². The summed E-state index contributed by atoms with van der Waals surface area (Å²) < 4.78 is 60.7. The van der Waals surface area contributed by atoms with Crippen LogP contribution in [0.2, 0.25) is 0 Å². The van der Waals surface area contributed by atoms with Crippen LogP contribution < -0.4 is 0 Å². The molecule has 0 amide bonds. The van der Waals surface area contributed by atoms with Gasteiger partial charge in [-0.2, -0.15) is 0 Å². The first-order valence-corrected chi connectivity index (χ1v) is 36.7. The molecule has 0 aromatic rings. The molecule has 0 saturated carbocycles. The van der Waals surface area contributed by atoms with Crippen molar-refractivity contribution in [2.75, 3.05) is 39.6 Å². The fourth-order valence-corrected chi connectivity index (χ4v) is 9.34. The minimum atomic E-state index is -4.96. The molecule has 0 spiro atoms. The standard InChI is InChI=1S/C75H116O16P2/c1-4-7-10-13-16-19-22-25-28-31-32-33-34-35-36-39-41-43-46-49-52-55-58-61-73(78)85-64-70(76)65-87-92(81,82)88-66-71(77)67-89-93(83,84)90-69-72(91-75(80)63-60-57-54-51-48-45-42-38-30-27-24-21-18-15-12-9-6-3)68-86-74(79)62-59-56-53-50-47-44-40-37-29-26-23-20-17-14-11-8-5-2/h7-12,16-21,25-30,32-33,35-36,40-45,50-51,53-54,70-72,76-77H,4-6,13-15,22-24,31,34,37-39,46-49,52,55-69H2,1-3H3,(H,81,82)(H,83,84)/b10-7-,11-8-,12-9-,19-16-,20-17-,21-18-,28-25-,29-26-,30-27-,33-32-,36-35-,43-41-,44-40-,45-42-,53-50-,54-51-. The van der Waals surface area contributed by atoms with Crippen molar-refractivity contribution in [3.05, 3.63) is 194 Å². The maximum absolute atomic E-state index is 12.9. The van der Waals surface area contributed by atoms with Crippen molar-refractivity contribution in [1.82, 2.24) is 0 Å². The number of phosphoric ester groups is 2. The van der Waals surface area contributed by atoms with Gasteiger partial charge < -0.3 is 34.2 Å². The maximum Gasteiger partial charge on any atom is 0.472 e. The van der Waals surface area contributed by atoms with Crippen LogP contribution in [0.4, 0.5) is 0 Å². The zero-order valence-electron chi connectivity index (χ0n) is 56.3. The van der Waals surface area contributed by atoms with Crippen molar-refractivity contribution in [2.45, 2.75) is 219 Å². The highest BCUT2D eigenvalue weighted by Gasteiger charge is 2.29. The molecule has 0 bridgehead atoms. The summed E-state index contributed by atoms with van der Waals surface area (Å²) in [5, 5.41) is 20.5. The molecule has 0 aromatic carbocycles. The molecular formula is C75H116O16P2. The van der Waals surface area contributed by atoms with Gasteiger partial charge in [-0.3, -0.25) is 32.5 Å². The van der Waals surface area contributed by atoms with Gasteiger partial charge >= 0.3 is 33.6 Å². The van der Waals surface area contributed by atoms with Crippen LogP contribution in [-0.4, -0.2) is 95.9 Å². The number of aliphatic hydroxyl groups excluding tert-OH is 2. The van der Waals surface area contributed by atoms with Gasteiger partial charge in [0.2, 0.25) is 0 Å². The van der Waals surface area contributed by atoms with E-state index in [2.05, 4.69) is 191 Å². The van der Waals surface area contributed by atoms with Gasteiger partial charge in [-0.25, -0.2) is 9.13 Å². The van der Waals surface area contributed by atoms with Crippen molar-refractivity contribution >= 4 is 33.6 Å². The SMILES string of the molecule is CC/C=C\C/C=C\C/C=C\C/C=C\C/C=C\C/C=C\CCCCCCC(=O)OCC(O)COP(=O)(O)OCC(O)COP(=O)(O)OCC(COC(=O)CCC/C=C\C/C=C\C/C=C\C/C=C\C/C=C\CC)OC(=O)CCC/C=C\C/C=C\C/C=C\C/C=C\C/C=C\CC. The van der Waals surface area contributed by atoms with Crippen LogP contribution >= 0.6 is 15.6 Å². The van der Waals surface area contributed by atoms with E-state index >= 15 is 0 Å². The fourth-order valence-electron chi connectivity index (χ4n) is 7.76. The number of hydrogen-bond donors (Lipinski definition) is 4.